The predicted octanol–water partition coefficient (Wildman–Crippen LogP) is 2.44. The molecule has 0 saturated heterocycles. The van der Waals surface area contributed by atoms with E-state index in [1.165, 1.54) is 5.56 Å². The van der Waals surface area contributed by atoms with E-state index >= 15 is 0 Å². The highest BCUT2D eigenvalue weighted by molar-refractivity contribution is 8.01. The lowest BCUT2D eigenvalue weighted by Crippen LogP contribution is -2.25. The van der Waals surface area contributed by atoms with Crippen LogP contribution in [0, 0.1) is 0 Å². The van der Waals surface area contributed by atoms with Crippen LogP contribution in [0.5, 0.6) is 0 Å². The molecule has 2 atom stereocenters. The van der Waals surface area contributed by atoms with Crippen LogP contribution in [0.1, 0.15) is 25.3 Å². The van der Waals surface area contributed by atoms with Crippen molar-refractivity contribution >= 4 is 23.4 Å². The molecule has 0 aromatic heterocycles. The number of benzene rings is 1. The topological polar surface area (TPSA) is 49.3 Å². The van der Waals surface area contributed by atoms with Crippen LogP contribution >= 0.6 is 11.8 Å². The number of carbonyl (C=O) groups is 1. The molecule has 2 rings (SSSR count). The number of carbonyl (C=O) groups excluding carboxylic acids is 1. The van der Waals surface area contributed by atoms with Gasteiger partial charge >= 0.3 is 0 Å². The van der Waals surface area contributed by atoms with E-state index in [1.54, 1.807) is 11.8 Å². The number of para-hydroxylation sites is 1. The summed E-state index contributed by atoms with van der Waals surface area (Å²) in [4.78, 5) is 12.1. The minimum Gasteiger partial charge on any atom is -0.396 e. The predicted molar refractivity (Wildman–Crippen MR) is 75.9 cm³/mol. The van der Waals surface area contributed by atoms with Gasteiger partial charge in [0.15, 0.2) is 0 Å². The van der Waals surface area contributed by atoms with E-state index in [0.29, 0.717) is 5.25 Å². The zero-order chi connectivity index (χ0) is 13.0. The van der Waals surface area contributed by atoms with Gasteiger partial charge in [0.25, 0.3) is 0 Å². The number of thioether (sulfide) groups is 1. The standard InChI is InChI=1S/C14H19NO2S/c1-10(8-9-16)18-13-7-6-11-4-2-3-5-12(11)15-14(13)17/h2-5,10,13,16H,6-9H2,1H3,(H,15,17). The van der Waals surface area contributed by atoms with E-state index in [-0.39, 0.29) is 17.8 Å². The molecule has 1 aliphatic heterocycles. The van der Waals surface area contributed by atoms with E-state index < -0.39 is 0 Å². The largest absolute Gasteiger partial charge is 0.396 e. The zero-order valence-electron chi connectivity index (χ0n) is 10.6. The fraction of sp³-hybridized carbons (Fsp3) is 0.500. The normalized spacial score (nSPS) is 20.8. The molecule has 1 aromatic carbocycles. The van der Waals surface area contributed by atoms with Gasteiger partial charge in [-0.15, -0.1) is 11.8 Å². The van der Waals surface area contributed by atoms with Crippen molar-refractivity contribution in [3.8, 4) is 0 Å². The van der Waals surface area contributed by atoms with Crippen molar-refractivity contribution in [2.45, 2.75) is 36.7 Å². The molecular weight excluding hydrogens is 246 g/mol. The second kappa shape index (κ2) is 6.25. The van der Waals surface area contributed by atoms with Gasteiger partial charge in [-0.2, -0.15) is 0 Å². The van der Waals surface area contributed by atoms with Crippen molar-refractivity contribution in [1.29, 1.82) is 0 Å². The van der Waals surface area contributed by atoms with Crippen molar-refractivity contribution in [3.05, 3.63) is 29.8 Å². The maximum absolute atomic E-state index is 12.1. The lowest BCUT2D eigenvalue weighted by atomic mass is 10.1. The first kappa shape index (κ1) is 13.4. The molecule has 4 heteroatoms. The average molecular weight is 265 g/mol. The highest BCUT2D eigenvalue weighted by atomic mass is 32.2. The number of rotatable bonds is 4. The van der Waals surface area contributed by atoms with Gasteiger partial charge in [0, 0.05) is 17.5 Å². The van der Waals surface area contributed by atoms with Crippen molar-refractivity contribution in [1.82, 2.24) is 0 Å². The monoisotopic (exact) mass is 265 g/mol. The number of hydrogen-bond donors (Lipinski definition) is 2. The number of aliphatic hydroxyl groups excluding tert-OH is 1. The van der Waals surface area contributed by atoms with E-state index in [9.17, 15) is 4.79 Å². The molecule has 0 radical (unpaired) electrons. The molecule has 3 nitrogen and oxygen atoms in total. The molecule has 1 aliphatic rings. The summed E-state index contributed by atoms with van der Waals surface area (Å²) in [5.41, 5.74) is 2.16. The third kappa shape index (κ3) is 3.27. The van der Waals surface area contributed by atoms with Crippen LogP contribution in [0.25, 0.3) is 0 Å². The maximum Gasteiger partial charge on any atom is 0.237 e. The van der Waals surface area contributed by atoms with Gasteiger partial charge in [-0.25, -0.2) is 0 Å². The molecule has 0 aliphatic carbocycles. The highest BCUT2D eigenvalue weighted by Crippen LogP contribution is 2.29. The Balaban J connectivity index is 2.03. The van der Waals surface area contributed by atoms with Gasteiger partial charge in [-0.1, -0.05) is 25.1 Å². The quantitative estimate of drug-likeness (QED) is 0.879. The molecule has 0 saturated carbocycles. The molecule has 0 fully saturated rings. The van der Waals surface area contributed by atoms with Crippen molar-refractivity contribution in [2.24, 2.45) is 0 Å². The third-order valence-electron chi connectivity index (χ3n) is 3.18. The van der Waals surface area contributed by atoms with Crippen molar-refractivity contribution < 1.29 is 9.90 Å². The molecule has 1 heterocycles. The number of aliphatic hydroxyl groups is 1. The van der Waals surface area contributed by atoms with Crippen molar-refractivity contribution in [2.75, 3.05) is 11.9 Å². The summed E-state index contributed by atoms with van der Waals surface area (Å²) in [7, 11) is 0. The van der Waals surface area contributed by atoms with Crippen molar-refractivity contribution in [3.63, 3.8) is 0 Å². The number of anilines is 1. The van der Waals surface area contributed by atoms with Gasteiger partial charge in [0.05, 0.1) is 5.25 Å². The Labute approximate surface area is 112 Å². The number of fused-ring (bicyclic) bond motifs is 1. The Morgan fingerprint density at radius 2 is 2.28 bits per heavy atom. The Morgan fingerprint density at radius 1 is 1.50 bits per heavy atom. The van der Waals surface area contributed by atoms with Gasteiger partial charge in [-0.05, 0) is 30.9 Å². The number of aryl methyl sites for hydroxylation is 1. The smallest absolute Gasteiger partial charge is 0.237 e. The molecule has 1 amide bonds. The molecule has 98 valence electrons. The molecular formula is C14H19NO2S. The molecule has 0 spiro atoms. The molecule has 18 heavy (non-hydrogen) atoms. The summed E-state index contributed by atoms with van der Waals surface area (Å²) in [6.45, 7) is 2.24. The van der Waals surface area contributed by atoms with E-state index in [1.807, 2.05) is 18.2 Å². The van der Waals surface area contributed by atoms with Gasteiger partial charge in [-0.3, -0.25) is 4.79 Å². The van der Waals surface area contributed by atoms with E-state index in [2.05, 4.69) is 18.3 Å². The summed E-state index contributed by atoms with van der Waals surface area (Å²) >= 11 is 1.67. The van der Waals surface area contributed by atoms with Gasteiger partial charge in [0.1, 0.15) is 0 Å². The maximum atomic E-state index is 12.1. The molecule has 0 bridgehead atoms. The first-order valence-electron chi connectivity index (χ1n) is 6.36. The van der Waals surface area contributed by atoms with Crippen LogP contribution in [0.2, 0.25) is 0 Å². The molecule has 2 unspecified atom stereocenters. The number of nitrogens with one attached hydrogen (secondary N) is 1. The Bertz CT molecular complexity index is 422. The Morgan fingerprint density at radius 3 is 3.06 bits per heavy atom. The van der Waals surface area contributed by atoms with Gasteiger partial charge < -0.3 is 10.4 Å². The summed E-state index contributed by atoms with van der Waals surface area (Å²) < 4.78 is 0. The number of hydrogen-bond acceptors (Lipinski definition) is 3. The second-order valence-corrected chi connectivity index (χ2v) is 6.28. The number of amides is 1. The Hall–Kier alpha value is -1.00. The Kier molecular flexibility index (Phi) is 4.66. The minimum atomic E-state index is -0.0149. The summed E-state index contributed by atoms with van der Waals surface area (Å²) in [6, 6.07) is 7.98. The fourth-order valence-corrected chi connectivity index (χ4v) is 3.39. The lowest BCUT2D eigenvalue weighted by Gasteiger charge is -2.17. The first-order chi connectivity index (χ1) is 8.70. The van der Waals surface area contributed by atoms with Crippen LogP contribution in [0.15, 0.2) is 24.3 Å². The SMILES string of the molecule is CC(CCO)SC1CCc2ccccc2NC1=O. The average Bonchev–Trinajstić information content (AvgIpc) is 2.50. The third-order valence-corrected chi connectivity index (χ3v) is 4.65. The molecule has 2 N–H and O–H groups in total. The summed E-state index contributed by atoms with van der Waals surface area (Å²) in [5, 5.41) is 12.2. The van der Waals surface area contributed by atoms with Gasteiger partial charge in [0.2, 0.25) is 5.91 Å². The lowest BCUT2D eigenvalue weighted by molar-refractivity contribution is -0.115. The second-order valence-electron chi connectivity index (χ2n) is 4.63. The van der Waals surface area contributed by atoms with Crippen LogP contribution in [-0.2, 0) is 11.2 Å². The van der Waals surface area contributed by atoms with E-state index in [0.717, 1.165) is 24.9 Å². The fourth-order valence-electron chi connectivity index (χ4n) is 2.15. The highest BCUT2D eigenvalue weighted by Gasteiger charge is 2.25. The summed E-state index contributed by atoms with van der Waals surface area (Å²) in [6.07, 6.45) is 2.53. The molecule has 1 aromatic rings. The van der Waals surface area contributed by atoms with E-state index in [4.69, 9.17) is 5.11 Å². The zero-order valence-corrected chi connectivity index (χ0v) is 11.4. The minimum absolute atomic E-state index is 0.0149. The van der Waals surface area contributed by atoms with Crippen LogP contribution < -0.4 is 5.32 Å². The van der Waals surface area contributed by atoms with Crippen LogP contribution in [-0.4, -0.2) is 28.1 Å². The first-order valence-corrected chi connectivity index (χ1v) is 7.30. The van der Waals surface area contributed by atoms with Crippen LogP contribution in [0.3, 0.4) is 0 Å². The summed E-state index contributed by atoms with van der Waals surface area (Å²) in [5.74, 6) is 0.0924. The van der Waals surface area contributed by atoms with Crippen LogP contribution in [0.4, 0.5) is 5.69 Å².